The van der Waals surface area contributed by atoms with Gasteiger partial charge in [0.05, 0.1) is 6.61 Å². The average molecular weight is 189 g/mol. The van der Waals surface area contributed by atoms with Crippen molar-refractivity contribution in [3.8, 4) is 0 Å². The maximum absolute atomic E-state index is 10.1. The Labute approximate surface area is 79.7 Å². The third-order valence-corrected chi connectivity index (χ3v) is 1.14. The van der Waals surface area contributed by atoms with Gasteiger partial charge in [0.15, 0.2) is 0 Å². The minimum Gasteiger partial charge on any atom is -0.468 e. The fourth-order valence-corrected chi connectivity index (χ4v) is 0.633. The predicted octanol–water partition coefficient (Wildman–Crippen LogP) is 1.10. The molecule has 0 aromatic carbocycles. The summed E-state index contributed by atoms with van der Waals surface area (Å²) in [4.78, 5) is 19.3. The molecule has 78 valence electrons. The maximum Gasteiger partial charge on any atom is 0.293 e. The molecular weight excluding hydrogens is 170 g/mol. The van der Waals surface area contributed by atoms with Crippen molar-refractivity contribution in [1.29, 1.82) is 0 Å². The average Bonchev–Trinajstić information content (AvgIpc) is 2.62. The Morgan fingerprint density at radius 1 is 1.54 bits per heavy atom. The Hall–Kier alpha value is -1.06. The zero-order chi connectivity index (χ0) is 10.5. The van der Waals surface area contributed by atoms with Crippen LogP contribution in [-0.4, -0.2) is 25.5 Å². The van der Waals surface area contributed by atoms with Gasteiger partial charge in [-0.15, -0.1) is 0 Å². The summed E-state index contributed by atoms with van der Waals surface area (Å²) in [5.41, 5.74) is 0. The van der Waals surface area contributed by atoms with Crippen molar-refractivity contribution in [2.45, 2.75) is 33.6 Å². The van der Waals surface area contributed by atoms with Crippen LogP contribution in [0.4, 0.5) is 0 Å². The molecule has 0 aliphatic carbocycles. The van der Waals surface area contributed by atoms with Crippen molar-refractivity contribution >= 4 is 12.4 Å². The molecule has 1 saturated heterocycles. The lowest BCUT2D eigenvalue weighted by molar-refractivity contribution is -0.128. The van der Waals surface area contributed by atoms with Crippen LogP contribution in [0.3, 0.4) is 0 Å². The summed E-state index contributed by atoms with van der Waals surface area (Å²) in [6.07, 6.45) is 1.76. The van der Waals surface area contributed by atoms with Gasteiger partial charge in [-0.3, -0.25) is 9.59 Å². The smallest absolute Gasteiger partial charge is 0.293 e. The van der Waals surface area contributed by atoms with Crippen molar-refractivity contribution in [3.05, 3.63) is 0 Å². The standard InChI is InChI=1S/C4H7NO.C3H6O2.C2H6/c6-4-2-1-3-5-4;1-2-5-3-4;1-2/h1-3H2,(H,5,6);3H,2H2,1H3;1-2H3. The number of amides is 1. The molecule has 0 radical (unpaired) electrons. The predicted molar refractivity (Wildman–Crippen MR) is 51.3 cm³/mol. The van der Waals surface area contributed by atoms with E-state index in [0.717, 1.165) is 19.4 Å². The van der Waals surface area contributed by atoms with Crippen LogP contribution in [0.25, 0.3) is 0 Å². The van der Waals surface area contributed by atoms with Crippen molar-refractivity contribution in [2.24, 2.45) is 0 Å². The molecule has 0 aromatic rings. The van der Waals surface area contributed by atoms with Crippen LogP contribution in [0.15, 0.2) is 0 Å². The molecule has 0 aromatic heterocycles. The molecule has 4 heteroatoms. The molecule has 1 aliphatic heterocycles. The lowest BCUT2D eigenvalue weighted by Crippen LogP contribution is -2.12. The van der Waals surface area contributed by atoms with Gasteiger partial charge in [0.2, 0.25) is 5.91 Å². The molecular formula is C9H19NO3. The van der Waals surface area contributed by atoms with Gasteiger partial charge in [-0.1, -0.05) is 13.8 Å². The number of ether oxygens (including phenoxy) is 1. The Bertz CT molecular complexity index is 118. The molecule has 0 unspecified atom stereocenters. The van der Waals surface area contributed by atoms with Gasteiger partial charge >= 0.3 is 0 Å². The monoisotopic (exact) mass is 189 g/mol. The largest absolute Gasteiger partial charge is 0.468 e. The van der Waals surface area contributed by atoms with Crippen LogP contribution in [0, 0.1) is 0 Å². The van der Waals surface area contributed by atoms with Crippen LogP contribution in [0.1, 0.15) is 33.6 Å². The zero-order valence-corrected chi connectivity index (χ0v) is 8.63. The second-order valence-electron chi connectivity index (χ2n) is 2.01. The number of hydrogen-bond donors (Lipinski definition) is 1. The summed E-state index contributed by atoms with van der Waals surface area (Å²) in [6.45, 7) is 7.55. The Balaban J connectivity index is 0. The number of nitrogens with one attached hydrogen (secondary N) is 1. The van der Waals surface area contributed by atoms with Gasteiger partial charge in [-0.25, -0.2) is 0 Å². The summed E-state index contributed by atoms with van der Waals surface area (Å²) in [5.74, 6) is 0.204. The Morgan fingerprint density at radius 2 is 2.15 bits per heavy atom. The number of carbonyl (C=O) groups excluding carboxylic acids is 2. The summed E-state index contributed by atoms with van der Waals surface area (Å²) < 4.78 is 4.15. The van der Waals surface area contributed by atoms with Crippen LogP contribution >= 0.6 is 0 Å². The van der Waals surface area contributed by atoms with Gasteiger partial charge in [0.1, 0.15) is 0 Å². The third-order valence-electron chi connectivity index (χ3n) is 1.14. The highest BCUT2D eigenvalue weighted by atomic mass is 16.5. The van der Waals surface area contributed by atoms with E-state index >= 15 is 0 Å². The third kappa shape index (κ3) is 13.9. The summed E-state index contributed by atoms with van der Waals surface area (Å²) in [5, 5.41) is 2.68. The van der Waals surface area contributed by atoms with E-state index in [1.54, 1.807) is 6.92 Å². The molecule has 1 heterocycles. The fraction of sp³-hybridized carbons (Fsp3) is 0.778. The van der Waals surface area contributed by atoms with Crippen molar-refractivity contribution in [2.75, 3.05) is 13.2 Å². The van der Waals surface area contributed by atoms with E-state index in [0.29, 0.717) is 13.1 Å². The van der Waals surface area contributed by atoms with E-state index < -0.39 is 0 Å². The first-order valence-electron chi connectivity index (χ1n) is 4.63. The van der Waals surface area contributed by atoms with Crippen molar-refractivity contribution < 1.29 is 14.3 Å². The molecule has 13 heavy (non-hydrogen) atoms. The highest BCUT2D eigenvalue weighted by molar-refractivity contribution is 5.77. The van der Waals surface area contributed by atoms with E-state index in [9.17, 15) is 9.59 Å². The molecule has 1 N–H and O–H groups in total. The number of carbonyl (C=O) groups is 2. The Kier molecular flexibility index (Phi) is 15.0. The van der Waals surface area contributed by atoms with Crippen LogP contribution in [0.5, 0.6) is 0 Å². The van der Waals surface area contributed by atoms with E-state index in [-0.39, 0.29) is 5.91 Å². The maximum atomic E-state index is 10.1. The summed E-state index contributed by atoms with van der Waals surface area (Å²) in [7, 11) is 0. The van der Waals surface area contributed by atoms with Gasteiger partial charge in [0.25, 0.3) is 6.47 Å². The number of rotatable bonds is 2. The van der Waals surface area contributed by atoms with Crippen molar-refractivity contribution in [3.63, 3.8) is 0 Å². The van der Waals surface area contributed by atoms with Gasteiger partial charge < -0.3 is 10.1 Å². The SMILES string of the molecule is CC.CCOC=O.O=C1CCCN1. The zero-order valence-electron chi connectivity index (χ0n) is 8.63. The summed E-state index contributed by atoms with van der Waals surface area (Å²) >= 11 is 0. The van der Waals surface area contributed by atoms with Crippen LogP contribution in [-0.2, 0) is 14.3 Å². The molecule has 0 saturated carbocycles. The van der Waals surface area contributed by atoms with E-state index in [1.807, 2.05) is 13.8 Å². The highest BCUT2D eigenvalue weighted by Gasteiger charge is 2.05. The minimum atomic E-state index is 0.204. The second kappa shape index (κ2) is 13.5. The van der Waals surface area contributed by atoms with Gasteiger partial charge in [0, 0.05) is 13.0 Å². The molecule has 1 amide bonds. The quantitative estimate of drug-likeness (QED) is 0.662. The fourth-order valence-electron chi connectivity index (χ4n) is 0.633. The van der Waals surface area contributed by atoms with Crippen molar-refractivity contribution in [1.82, 2.24) is 5.32 Å². The minimum absolute atomic E-state index is 0.204. The van der Waals surface area contributed by atoms with E-state index in [2.05, 4.69) is 10.1 Å². The molecule has 1 fully saturated rings. The molecule has 0 atom stereocenters. The van der Waals surface area contributed by atoms with Gasteiger partial charge in [-0.05, 0) is 13.3 Å². The first-order valence-corrected chi connectivity index (χ1v) is 4.63. The molecule has 0 spiro atoms. The first-order chi connectivity index (χ1) is 6.31. The normalized spacial score (nSPS) is 12.7. The van der Waals surface area contributed by atoms with E-state index in [1.165, 1.54) is 0 Å². The number of hydrogen-bond acceptors (Lipinski definition) is 3. The molecule has 0 bridgehead atoms. The van der Waals surface area contributed by atoms with E-state index in [4.69, 9.17) is 0 Å². The van der Waals surface area contributed by atoms with Crippen LogP contribution in [0.2, 0.25) is 0 Å². The summed E-state index contributed by atoms with van der Waals surface area (Å²) in [6, 6.07) is 0. The topological polar surface area (TPSA) is 55.4 Å². The Morgan fingerprint density at radius 3 is 2.23 bits per heavy atom. The van der Waals surface area contributed by atoms with Gasteiger partial charge in [-0.2, -0.15) is 0 Å². The van der Waals surface area contributed by atoms with Crippen LogP contribution < -0.4 is 5.32 Å². The molecule has 1 rings (SSSR count). The first kappa shape index (κ1) is 14.5. The lowest BCUT2D eigenvalue weighted by Gasteiger charge is -1.80. The molecule has 4 nitrogen and oxygen atoms in total. The lowest BCUT2D eigenvalue weighted by atomic mass is 10.4. The molecule has 1 aliphatic rings. The second-order valence-corrected chi connectivity index (χ2v) is 2.01. The highest BCUT2D eigenvalue weighted by Crippen LogP contribution is 1.93.